The molecule has 0 aromatic carbocycles. The van der Waals surface area contributed by atoms with Crippen LogP contribution in [0.1, 0.15) is 17.0 Å². The summed E-state index contributed by atoms with van der Waals surface area (Å²) in [7, 11) is 0. The van der Waals surface area contributed by atoms with Crippen molar-refractivity contribution >= 4 is 0 Å². The molecule has 0 fully saturated rings. The van der Waals surface area contributed by atoms with Gasteiger partial charge in [0, 0.05) is 36.6 Å². The highest BCUT2D eigenvalue weighted by Crippen LogP contribution is 2.19. The highest BCUT2D eigenvalue weighted by Gasteiger charge is 2.22. The van der Waals surface area contributed by atoms with Crippen LogP contribution in [0.2, 0.25) is 0 Å². The molecule has 0 unspecified atom stereocenters. The Hall–Kier alpha value is -2.73. The first-order chi connectivity index (χ1) is 11.3. The molecule has 4 heterocycles. The lowest BCUT2D eigenvalue weighted by atomic mass is 10.1. The van der Waals surface area contributed by atoms with Crippen LogP contribution >= 0.6 is 0 Å². The van der Waals surface area contributed by atoms with E-state index in [-0.39, 0.29) is 5.56 Å². The first-order valence-electron chi connectivity index (χ1n) is 7.57. The summed E-state index contributed by atoms with van der Waals surface area (Å²) in [5.74, 6) is 1.52. The third kappa shape index (κ3) is 2.80. The molecule has 0 bridgehead atoms. The Labute approximate surface area is 132 Å². The average Bonchev–Trinajstić information content (AvgIpc) is 3.08. The van der Waals surface area contributed by atoms with Crippen LogP contribution in [0.25, 0.3) is 11.4 Å². The maximum atomic E-state index is 12.3. The summed E-state index contributed by atoms with van der Waals surface area (Å²) >= 11 is 0. The van der Waals surface area contributed by atoms with Gasteiger partial charge < -0.3 is 9.40 Å². The zero-order chi connectivity index (χ0) is 15.6. The van der Waals surface area contributed by atoms with Gasteiger partial charge in [-0.25, -0.2) is 4.98 Å². The molecular weight excluding hydrogens is 292 g/mol. The van der Waals surface area contributed by atoms with E-state index in [0.29, 0.717) is 18.8 Å². The standard InChI is InChI=1S/C17H16N4O2/c22-17-14-5-8-21(10-13-2-1-9-23-13)11-15(14)19-16(20-17)12-3-6-18-7-4-12/h1-4,6-7,9H,5,8,10-11H2,(H,19,20,22). The number of hydrogen-bond donors (Lipinski definition) is 1. The second-order valence-electron chi connectivity index (χ2n) is 5.62. The Morgan fingerprint density at radius 1 is 1.26 bits per heavy atom. The van der Waals surface area contributed by atoms with Crippen molar-refractivity contribution in [2.24, 2.45) is 0 Å². The van der Waals surface area contributed by atoms with E-state index >= 15 is 0 Å². The molecule has 3 aromatic heterocycles. The number of nitrogens with zero attached hydrogens (tertiary/aromatic N) is 3. The Balaban J connectivity index is 1.64. The molecule has 4 rings (SSSR count). The van der Waals surface area contributed by atoms with E-state index in [4.69, 9.17) is 4.42 Å². The Kier molecular flexibility index (Phi) is 3.51. The van der Waals surface area contributed by atoms with Gasteiger partial charge in [-0.2, -0.15) is 0 Å². The molecule has 0 spiro atoms. The molecule has 0 aliphatic carbocycles. The second-order valence-corrected chi connectivity index (χ2v) is 5.62. The van der Waals surface area contributed by atoms with Crippen molar-refractivity contribution in [1.29, 1.82) is 0 Å². The molecule has 0 atom stereocenters. The summed E-state index contributed by atoms with van der Waals surface area (Å²) in [6, 6.07) is 7.53. The van der Waals surface area contributed by atoms with Gasteiger partial charge in [0.25, 0.3) is 5.56 Å². The third-order valence-corrected chi connectivity index (χ3v) is 4.07. The number of aromatic nitrogens is 3. The summed E-state index contributed by atoms with van der Waals surface area (Å²) in [6.07, 6.45) is 5.77. The lowest BCUT2D eigenvalue weighted by Gasteiger charge is -2.26. The monoisotopic (exact) mass is 308 g/mol. The number of pyridine rings is 1. The van der Waals surface area contributed by atoms with Gasteiger partial charge in [0.1, 0.15) is 11.6 Å². The largest absolute Gasteiger partial charge is 0.468 e. The fourth-order valence-corrected chi connectivity index (χ4v) is 2.90. The molecule has 1 N–H and O–H groups in total. The quantitative estimate of drug-likeness (QED) is 0.801. The van der Waals surface area contributed by atoms with Crippen LogP contribution in [0.4, 0.5) is 0 Å². The molecule has 0 saturated carbocycles. The van der Waals surface area contributed by atoms with Crippen LogP contribution in [0, 0.1) is 0 Å². The lowest BCUT2D eigenvalue weighted by Crippen LogP contribution is -2.35. The molecule has 6 nitrogen and oxygen atoms in total. The van der Waals surface area contributed by atoms with E-state index in [9.17, 15) is 4.79 Å². The molecular formula is C17H16N4O2. The zero-order valence-corrected chi connectivity index (χ0v) is 12.5. The summed E-state index contributed by atoms with van der Waals surface area (Å²) in [5.41, 5.74) is 2.46. The molecule has 116 valence electrons. The van der Waals surface area contributed by atoms with Crippen molar-refractivity contribution in [1.82, 2.24) is 19.9 Å². The fraction of sp³-hybridized carbons (Fsp3) is 0.235. The first-order valence-corrected chi connectivity index (χ1v) is 7.57. The molecule has 0 amide bonds. The Morgan fingerprint density at radius 3 is 2.91 bits per heavy atom. The van der Waals surface area contributed by atoms with Crippen molar-refractivity contribution in [3.63, 3.8) is 0 Å². The van der Waals surface area contributed by atoms with Crippen molar-refractivity contribution in [2.75, 3.05) is 6.54 Å². The fourth-order valence-electron chi connectivity index (χ4n) is 2.90. The minimum Gasteiger partial charge on any atom is -0.468 e. The molecule has 3 aromatic rings. The van der Waals surface area contributed by atoms with E-state index in [2.05, 4.69) is 19.9 Å². The predicted molar refractivity (Wildman–Crippen MR) is 84.6 cm³/mol. The Bertz CT molecular complexity index is 856. The minimum absolute atomic E-state index is 0.0422. The zero-order valence-electron chi connectivity index (χ0n) is 12.5. The molecule has 0 radical (unpaired) electrons. The number of nitrogens with one attached hydrogen (secondary N) is 1. The van der Waals surface area contributed by atoms with Gasteiger partial charge in [-0.3, -0.25) is 14.7 Å². The molecule has 23 heavy (non-hydrogen) atoms. The van der Waals surface area contributed by atoms with Gasteiger partial charge >= 0.3 is 0 Å². The van der Waals surface area contributed by atoms with Gasteiger partial charge in [0.15, 0.2) is 0 Å². The molecule has 6 heteroatoms. The van der Waals surface area contributed by atoms with Gasteiger partial charge in [-0.05, 0) is 30.7 Å². The third-order valence-electron chi connectivity index (χ3n) is 4.07. The second kappa shape index (κ2) is 5.81. The normalized spacial score (nSPS) is 14.6. The molecule has 0 saturated heterocycles. The van der Waals surface area contributed by atoms with E-state index in [1.165, 1.54) is 0 Å². The van der Waals surface area contributed by atoms with E-state index in [1.54, 1.807) is 18.7 Å². The van der Waals surface area contributed by atoms with Crippen molar-refractivity contribution in [2.45, 2.75) is 19.5 Å². The van der Waals surface area contributed by atoms with Gasteiger partial charge in [0.2, 0.25) is 0 Å². The number of hydrogen-bond acceptors (Lipinski definition) is 5. The summed E-state index contributed by atoms with van der Waals surface area (Å²) in [6.45, 7) is 2.20. The average molecular weight is 308 g/mol. The highest BCUT2D eigenvalue weighted by molar-refractivity contribution is 5.54. The van der Waals surface area contributed by atoms with Gasteiger partial charge in [0.05, 0.1) is 18.5 Å². The predicted octanol–water partition coefficient (Wildman–Crippen LogP) is 1.98. The molecule has 1 aliphatic rings. The summed E-state index contributed by atoms with van der Waals surface area (Å²) in [5, 5.41) is 0. The van der Waals surface area contributed by atoms with Crippen LogP contribution in [0.15, 0.2) is 52.1 Å². The maximum Gasteiger partial charge on any atom is 0.254 e. The topological polar surface area (TPSA) is 75.0 Å². The summed E-state index contributed by atoms with van der Waals surface area (Å²) < 4.78 is 5.40. The smallest absolute Gasteiger partial charge is 0.254 e. The van der Waals surface area contributed by atoms with Crippen LogP contribution in [0.5, 0.6) is 0 Å². The van der Waals surface area contributed by atoms with Crippen molar-refractivity contribution in [3.05, 3.63) is 70.3 Å². The van der Waals surface area contributed by atoms with Crippen LogP contribution < -0.4 is 5.56 Å². The number of rotatable bonds is 3. The summed E-state index contributed by atoms with van der Waals surface area (Å²) in [4.78, 5) is 26.1. The first kappa shape index (κ1) is 13.9. The van der Waals surface area contributed by atoms with Crippen LogP contribution in [-0.2, 0) is 19.5 Å². The molecule has 1 aliphatic heterocycles. The van der Waals surface area contributed by atoms with Crippen molar-refractivity contribution < 1.29 is 4.42 Å². The van der Waals surface area contributed by atoms with Crippen LogP contribution in [-0.4, -0.2) is 26.4 Å². The van der Waals surface area contributed by atoms with Crippen molar-refractivity contribution in [3.8, 4) is 11.4 Å². The van der Waals surface area contributed by atoms with E-state index < -0.39 is 0 Å². The highest BCUT2D eigenvalue weighted by atomic mass is 16.3. The van der Waals surface area contributed by atoms with Gasteiger partial charge in [-0.1, -0.05) is 0 Å². The Morgan fingerprint density at radius 2 is 2.13 bits per heavy atom. The SMILES string of the molecule is O=c1[nH]c(-c2ccncc2)nc2c1CCN(Cc1ccco1)C2. The van der Waals surface area contributed by atoms with Crippen LogP contribution in [0.3, 0.4) is 0 Å². The number of furan rings is 1. The number of fused-ring (bicyclic) bond motifs is 1. The minimum atomic E-state index is -0.0422. The maximum absolute atomic E-state index is 12.3. The number of aromatic amines is 1. The van der Waals surface area contributed by atoms with E-state index in [1.807, 2.05) is 24.3 Å². The number of H-pyrrole nitrogens is 1. The lowest BCUT2D eigenvalue weighted by molar-refractivity contribution is 0.221. The van der Waals surface area contributed by atoms with Gasteiger partial charge in [-0.15, -0.1) is 0 Å². The van der Waals surface area contributed by atoms with E-state index in [0.717, 1.165) is 35.7 Å².